The molecule has 0 N–H and O–H groups in total. The quantitative estimate of drug-likeness (QED) is 0.175. The third-order valence-corrected chi connectivity index (χ3v) is 6.43. The molecule has 40 heavy (non-hydrogen) atoms. The van der Waals surface area contributed by atoms with E-state index in [1.165, 1.54) is 73.0 Å². The molecule has 0 saturated carbocycles. The molecule has 0 aliphatic carbocycles. The van der Waals surface area contributed by atoms with Crippen molar-refractivity contribution >= 4 is 29.0 Å². The van der Waals surface area contributed by atoms with Gasteiger partial charge in [-0.1, -0.05) is 6.07 Å². The Morgan fingerprint density at radius 3 is 2.30 bits per heavy atom. The first-order chi connectivity index (χ1) is 19.0. The van der Waals surface area contributed by atoms with Gasteiger partial charge in [-0.2, -0.15) is 9.61 Å². The summed E-state index contributed by atoms with van der Waals surface area (Å²) in [5, 5.41) is 4.36. The van der Waals surface area contributed by atoms with Crippen molar-refractivity contribution in [1.29, 1.82) is 0 Å². The number of esters is 1. The fraction of sp³-hybridized carbons (Fsp3) is 0.259. The van der Waals surface area contributed by atoms with Gasteiger partial charge in [-0.15, -0.1) is 0 Å². The third kappa shape index (κ3) is 5.26. The lowest BCUT2D eigenvalue weighted by atomic mass is 10.1. The van der Waals surface area contributed by atoms with Gasteiger partial charge in [0.05, 0.1) is 26.3 Å². The normalized spacial score (nSPS) is 11.8. The zero-order valence-electron chi connectivity index (χ0n) is 22.2. The van der Waals surface area contributed by atoms with E-state index in [1.54, 1.807) is 6.92 Å². The van der Waals surface area contributed by atoms with E-state index in [-0.39, 0.29) is 46.3 Å². The number of benzene rings is 2. The van der Waals surface area contributed by atoms with E-state index in [0.717, 1.165) is 12.1 Å². The lowest BCUT2D eigenvalue weighted by molar-refractivity contribution is -0.141. The number of nitrogens with zero attached hydrogens (tertiary/aromatic N) is 5. The number of fused-ring (bicyclic) bond motifs is 1. The highest BCUT2D eigenvalue weighted by Crippen LogP contribution is 2.36. The number of halogens is 4. The van der Waals surface area contributed by atoms with Crippen LogP contribution in [0.4, 0.5) is 29.1 Å². The zero-order chi connectivity index (χ0) is 29.3. The van der Waals surface area contributed by atoms with E-state index in [0.29, 0.717) is 0 Å². The van der Waals surface area contributed by atoms with Gasteiger partial charge in [0, 0.05) is 37.8 Å². The van der Waals surface area contributed by atoms with E-state index >= 15 is 4.39 Å². The van der Waals surface area contributed by atoms with Crippen LogP contribution in [0.25, 0.3) is 16.9 Å². The molecule has 13 heteroatoms. The molecular weight excluding hydrogens is 534 g/mol. The van der Waals surface area contributed by atoms with Gasteiger partial charge in [0.1, 0.15) is 17.3 Å². The summed E-state index contributed by atoms with van der Waals surface area (Å²) in [7, 11) is 5.59. The molecule has 0 radical (unpaired) electrons. The average Bonchev–Trinajstić information content (AvgIpc) is 3.37. The number of amides is 1. The van der Waals surface area contributed by atoms with Gasteiger partial charge >= 0.3 is 5.97 Å². The standard InChI is InChI=1S/C27H25F4N5O4/c1-14(9-24(37)40-5)34(2)27(38)20-12-22-32-19(15-10-17(29)25(31)18(30)11-15)13-23(36(22)33-20)35(3)26-16(28)7-6-8-21(26)39-4/h6-8,10-14H,9H2,1-5H3/t14-/m1/s1. The second kappa shape index (κ2) is 11.2. The van der Waals surface area contributed by atoms with Crippen LogP contribution in [0, 0.1) is 23.3 Å². The number of hydrogen-bond donors (Lipinski definition) is 0. The van der Waals surface area contributed by atoms with Gasteiger partial charge in [-0.3, -0.25) is 9.59 Å². The number of carbonyl (C=O) groups is 2. The van der Waals surface area contributed by atoms with Gasteiger partial charge in [0.25, 0.3) is 5.91 Å². The topological polar surface area (TPSA) is 89.3 Å². The molecule has 2 heterocycles. The van der Waals surface area contributed by atoms with Crippen LogP contribution in [-0.2, 0) is 9.53 Å². The van der Waals surface area contributed by atoms with E-state index < -0.39 is 41.2 Å². The first-order valence-corrected chi connectivity index (χ1v) is 11.9. The summed E-state index contributed by atoms with van der Waals surface area (Å²) in [5.41, 5.74) is -0.111. The molecule has 210 valence electrons. The van der Waals surface area contributed by atoms with Crippen LogP contribution in [0.3, 0.4) is 0 Å². The summed E-state index contributed by atoms with van der Waals surface area (Å²) in [4.78, 5) is 32.0. The Kier molecular flexibility index (Phi) is 7.93. The van der Waals surface area contributed by atoms with Crippen molar-refractivity contribution in [3.05, 3.63) is 71.4 Å². The van der Waals surface area contributed by atoms with Crippen LogP contribution in [0.2, 0.25) is 0 Å². The molecule has 0 fully saturated rings. The minimum Gasteiger partial charge on any atom is -0.494 e. The predicted molar refractivity (Wildman–Crippen MR) is 138 cm³/mol. The maximum absolute atomic E-state index is 15.0. The molecular formula is C27H25F4N5O4. The highest BCUT2D eigenvalue weighted by molar-refractivity contribution is 5.94. The molecule has 2 aromatic carbocycles. The maximum atomic E-state index is 15.0. The van der Waals surface area contributed by atoms with Crippen molar-refractivity contribution in [2.75, 3.05) is 33.2 Å². The molecule has 0 spiro atoms. The maximum Gasteiger partial charge on any atom is 0.307 e. The van der Waals surface area contributed by atoms with Crippen molar-refractivity contribution in [3.8, 4) is 17.0 Å². The van der Waals surface area contributed by atoms with Crippen LogP contribution in [0.1, 0.15) is 23.8 Å². The Balaban J connectivity index is 1.90. The van der Waals surface area contributed by atoms with Crippen molar-refractivity contribution in [2.24, 2.45) is 0 Å². The molecule has 4 rings (SSSR count). The van der Waals surface area contributed by atoms with Crippen molar-refractivity contribution in [3.63, 3.8) is 0 Å². The van der Waals surface area contributed by atoms with Crippen molar-refractivity contribution < 1.29 is 36.6 Å². The smallest absolute Gasteiger partial charge is 0.307 e. The number of ether oxygens (including phenoxy) is 2. The molecule has 0 bridgehead atoms. The Morgan fingerprint density at radius 2 is 1.68 bits per heavy atom. The number of hydrogen-bond acceptors (Lipinski definition) is 7. The minimum atomic E-state index is -1.64. The first kappa shape index (κ1) is 28.3. The van der Waals surface area contributed by atoms with Gasteiger partial charge in [0.2, 0.25) is 0 Å². The second-order valence-electron chi connectivity index (χ2n) is 8.95. The van der Waals surface area contributed by atoms with Gasteiger partial charge in [-0.05, 0) is 31.2 Å². The average molecular weight is 560 g/mol. The van der Waals surface area contributed by atoms with E-state index in [1.807, 2.05) is 0 Å². The lowest BCUT2D eigenvalue weighted by Crippen LogP contribution is -2.37. The van der Waals surface area contributed by atoms with Crippen LogP contribution < -0.4 is 9.64 Å². The number of methoxy groups -OCH3 is 2. The molecule has 1 atom stereocenters. The summed E-state index contributed by atoms with van der Waals surface area (Å²) in [6.45, 7) is 1.66. The summed E-state index contributed by atoms with van der Waals surface area (Å²) >= 11 is 0. The van der Waals surface area contributed by atoms with Crippen LogP contribution in [0.5, 0.6) is 5.75 Å². The van der Waals surface area contributed by atoms with E-state index in [4.69, 9.17) is 4.74 Å². The zero-order valence-corrected chi connectivity index (χ0v) is 22.2. The Labute approximate surface area is 226 Å². The molecule has 0 aliphatic heterocycles. The van der Waals surface area contributed by atoms with Crippen LogP contribution in [-0.4, -0.2) is 65.7 Å². The third-order valence-electron chi connectivity index (χ3n) is 6.43. The number of aromatic nitrogens is 3. The van der Waals surface area contributed by atoms with Crippen molar-refractivity contribution in [1.82, 2.24) is 19.5 Å². The SMILES string of the molecule is COC(=O)C[C@@H](C)N(C)C(=O)c1cc2nc(-c3cc(F)c(F)c(F)c3)cc(N(C)c3c(F)cccc3OC)n2n1. The molecule has 0 saturated heterocycles. The van der Waals surface area contributed by atoms with Gasteiger partial charge in [-0.25, -0.2) is 22.5 Å². The highest BCUT2D eigenvalue weighted by Gasteiger charge is 2.26. The van der Waals surface area contributed by atoms with E-state index in [9.17, 15) is 22.8 Å². The summed E-state index contributed by atoms with van der Waals surface area (Å²) in [5.74, 6) is -5.88. The molecule has 2 aromatic heterocycles. The monoisotopic (exact) mass is 559 g/mol. The number of para-hydroxylation sites is 1. The summed E-state index contributed by atoms with van der Waals surface area (Å²) in [6.07, 6.45) is -0.0583. The molecule has 0 unspecified atom stereocenters. The minimum absolute atomic E-state index is 0.00577. The number of anilines is 2. The van der Waals surface area contributed by atoms with Crippen molar-refractivity contribution in [2.45, 2.75) is 19.4 Å². The van der Waals surface area contributed by atoms with E-state index in [2.05, 4.69) is 14.8 Å². The van der Waals surface area contributed by atoms with Crippen LogP contribution >= 0.6 is 0 Å². The predicted octanol–water partition coefficient (Wildman–Crippen LogP) is 4.75. The number of carbonyl (C=O) groups excluding carboxylic acids is 2. The van der Waals surface area contributed by atoms with Crippen LogP contribution in [0.15, 0.2) is 42.5 Å². The molecule has 1 amide bonds. The Morgan fingerprint density at radius 1 is 1.00 bits per heavy atom. The Bertz CT molecular complexity index is 1590. The summed E-state index contributed by atoms with van der Waals surface area (Å²) in [6, 6.07) is 7.91. The van der Waals surface area contributed by atoms with Gasteiger partial charge < -0.3 is 19.3 Å². The largest absolute Gasteiger partial charge is 0.494 e. The fourth-order valence-electron chi connectivity index (χ4n) is 4.10. The van der Waals surface area contributed by atoms with Gasteiger partial charge in [0.15, 0.2) is 34.6 Å². The lowest BCUT2D eigenvalue weighted by Gasteiger charge is -2.24. The molecule has 0 aliphatic rings. The number of rotatable bonds is 8. The molecule has 9 nitrogen and oxygen atoms in total. The highest BCUT2D eigenvalue weighted by atomic mass is 19.2. The fourth-order valence-corrected chi connectivity index (χ4v) is 4.10. The Hall–Kier alpha value is -4.68. The molecule has 4 aromatic rings. The first-order valence-electron chi connectivity index (χ1n) is 11.9. The summed E-state index contributed by atoms with van der Waals surface area (Å²) < 4.78 is 68.1. The second-order valence-corrected chi connectivity index (χ2v) is 8.95.